The summed E-state index contributed by atoms with van der Waals surface area (Å²) in [5, 5.41) is 18.1. The van der Waals surface area contributed by atoms with Gasteiger partial charge in [-0.3, -0.25) is 0 Å². The molecule has 3 aromatic carbocycles. The fraction of sp³-hybridized carbons (Fsp3) is 0.182. The van der Waals surface area contributed by atoms with Crippen LogP contribution in [-0.4, -0.2) is 36.6 Å². The van der Waals surface area contributed by atoms with Crippen molar-refractivity contribution < 1.29 is 19.7 Å². The van der Waals surface area contributed by atoms with Crippen LogP contribution in [0.2, 0.25) is 0 Å². The fourth-order valence-electron chi connectivity index (χ4n) is 2.83. The van der Waals surface area contributed by atoms with E-state index >= 15 is 0 Å². The van der Waals surface area contributed by atoms with Crippen LogP contribution >= 0.6 is 0 Å². The summed E-state index contributed by atoms with van der Waals surface area (Å²) in [7, 11) is 0. The van der Waals surface area contributed by atoms with Crippen molar-refractivity contribution in [2.45, 2.75) is 0 Å². The molecule has 0 unspecified atom stereocenters. The van der Waals surface area contributed by atoms with Crippen molar-refractivity contribution in [1.82, 2.24) is 0 Å². The predicted octanol–water partition coefficient (Wildman–Crippen LogP) is 3.76. The van der Waals surface area contributed by atoms with Crippen molar-refractivity contribution in [3.63, 3.8) is 0 Å². The summed E-state index contributed by atoms with van der Waals surface area (Å²) in [4.78, 5) is 0. The molecule has 0 atom stereocenters. The zero-order valence-electron chi connectivity index (χ0n) is 14.5. The molecule has 0 aromatic heterocycles. The molecule has 0 heterocycles. The van der Waals surface area contributed by atoms with Crippen LogP contribution in [0.4, 0.5) is 0 Å². The Morgan fingerprint density at radius 2 is 1.04 bits per heavy atom. The molecule has 4 nitrogen and oxygen atoms in total. The minimum atomic E-state index is -0.0239. The van der Waals surface area contributed by atoms with Crippen LogP contribution in [0, 0.1) is 0 Å². The fourth-order valence-corrected chi connectivity index (χ4v) is 2.83. The second kappa shape index (κ2) is 9.04. The van der Waals surface area contributed by atoms with E-state index in [9.17, 15) is 0 Å². The summed E-state index contributed by atoms with van der Waals surface area (Å²) >= 11 is 0. The molecule has 0 aliphatic rings. The van der Waals surface area contributed by atoms with E-state index in [1.165, 1.54) is 0 Å². The third-order valence-electron chi connectivity index (χ3n) is 3.96. The Kier molecular flexibility index (Phi) is 6.25. The van der Waals surface area contributed by atoms with Crippen LogP contribution in [0.15, 0.2) is 72.8 Å². The van der Waals surface area contributed by atoms with Gasteiger partial charge in [0.05, 0.1) is 13.2 Å². The lowest BCUT2D eigenvalue weighted by Gasteiger charge is -2.14. The zero-order valence-corrected chi connectivity index (χ0v) is 14.5. The lowest BCUT2D eigenvalue weighted by molar-refractivity contribution is 0.202. The number of rotatable bonds is 8. The van der Waals surface area contributed by atoms with Gasteiger partial charge in [0.1, 0.15) is 24.7 Å². The Morgan fingerprint density at radius 3 is 1.50 bits per heavy atom. The van der Waals surface area contributed by atoms with Crippen LogP contribution in [0.5, 0.6) is 11.5 Å². The highest BCUT2D eigenvalue weighted by Crippen LogP contribution is 2.35. The number of ether oxygens (including phenoxy) is 2. The van der Waals surface area contributed by atoms with Crippen LogP contribution in [0.25, 0.3) is 22.3 Å². The highest BCUT2D eigenvalue weighted by Gasteiger charge is 2.10. The summed E-state index contributed by atoms with van der Waals surface area (Å²) in [5.41, 5.74) is 3.98. The topological polar surface area (TPSA) is 58.9 Å². The van der Waals surface area contributed by atoms with E-state index in [1.807, 2.05) is 66.7 Å². The van der Waals surface area contributed by atoms with Gasteiger partial charge in [-0.1, -0.05) is 54.6 Å². The van der Waals surface area contributed by atoms with Crippen LogP contribution in [0.1, 0.15) is 0 Å². The van der Waals surface area contributed by atoms with Crippen LogP contribution in [0.3, 0.4) is 0 Å². The molecule has 3 rings (SSSR count). The third kappa shape index (κ3) is 4.23. The minimum Gasteiger partial charge on any atom is -0.491 e. The summed E-state index contributed by atoms with van der Waals surface area (Å²) < 4.78 is 11.3. The van der Waals surface area contributed by atoms with Crippen molar-refractivity contribution in [2.75, 3.05) is 26.4 Å². The number of aliphatic hydroxyl groups excluding tert-OH is 2. The van der Waals surface area contributed by atoms with E-state index in [2.05, 4.69) is 6.07 Å². The quantitative estimate of drug-likeness (QED) is 0.649. The lowest BCUT2D eigenvalue weighted by atomic mass is 9.98. The predicted molar refractivity (Wildman–Crippen MR) is 102 cm³/mol. The van der Waals surface area contributed by atoms with Gasteiger partial charge in [0.2, 0.25) is 0 Å². The second-order valence-corrected chi connectivity index (χ2v) is 5.72. The molecule has 0 saturated carbocycles. The number of benzene rings is 3. The molecular weight excluding hydrogens is 328 g/mol. The highest BCUT2D eigenvalue weighted by atomic mass is 16.5. The average Bonchev–Trinajstić information content (AvgIpc) is 2.71. The largest absolute Gasteiger partial charge is 0.491 e. The second-order valence-electron chi connectivity index (χ2n) is 5.72. The number of para-hydroxylation sites is 2. The molecule has 0 spiro atoms. The smallest absolute Gasteiger partial charge is 0.127 e. The third-order valence-corrected chi connectivity index (χ3v) is 3.96. The van der Waals surface area contributed by atoms with E-state index in [4.69, 9.17) is 19.7 Å². The van der Waals surface area contributed by atoms with Crippen LogP contribution in [-0.2, 0) is 0 Å². The molecule has 0 aliphatic heterocycles. The minimum absolute atomic E-state index is 0.0239. The van der Waals surface area contributed by atoms with Gasteiger partial charge in [0, 0.05) is 11.1 Å². The van der Waals surface area contributed by atoms with E-state index in [0.717, 1.165) is 33.8 Å². The van der Waals surface area contributed by atoms with E-state index < -0.39 is 0 Å². The first-order valence-corrected chi connectivity index (χ1v) is 8.59. The van der Waals surface area contributed by atoms with Crippen LogP contribution < -0.4 is 9.47 Å². The summed E-state index contributed by atoms with van der Waals surface area (Å²) in [6.07, 6.45) is 0. The Labute approximate surface area is 153 Å². The first-order valence-electron chi connectivity index (χ1n) is 8.59. The van der Waals surface area contributed by atoms with Crippen molar-refractivity contribution in [3.8, 4) is 33.8 Å². The van der Waals surface area contributed by atoms with Crippen molar-refractivity contribution in [3.05, 3.63) is 72.8 Å². The highest BCUT2D eigenvalue weighted by molar-refractivity contribution is 5.78. The molecule has 134 valence electrons. The molecule has 0 fully saturated rings. The standard InChI is InChI=1S/C22H22O4/c23-12-14-25-21-10-3-1-8-19(21)17-6-5-7-18(16-17)20-9-2-4-11-22(20)26-15-13-24/h1-11,16,23-24H,12-15H2. The normalized spacial score (nSPS) is 10.5. The van der Waals surface area contributed by atoms with Gasteiger partial charge in [-0.15, -0.1) is 0 Å². The maximum atomic E-state index is 9.03. The first kappa shape index (κ1) is 18.0. The lowest BCUT2D eigenvalue weighted by Crippen LogP contribution is -2.03. The Bertz CT molecular complexity index is 778. The average molecular weight is 350 g/mol. The molecule has 4 heteroatoms. The number of hydrogen-bond acceptors (Lipinski definition) is 4. The SMILES string of the molecule is OCCOc1ccccc1-c1cccc(-c2ccccc2OCCO)c1. The maximum absolute atomic E-state index is 9.03. The van der Waals surface area contributed by atoms with Gasteiger partial charge in [-0.05, 0) is 29.3 Å². The van der Waals surface area contributed by atoms with E-state index in [-0.39, 0.29) is 26.4 Å². The monoisotopic (exact) mass is 350 g/mol. The van der Waals surface area contributed by atoms with E-state index in [1.54, 1.807) is 0 Å². The van der Waals surface area contributed by atoms with Crippen molar-refractivity contribution >= 4 is 0 Å². The van der Waals surface area contributed by atoms with Gasteiger partial charge in [-0.25, -0.2) is 0 Å². The molecule has 0 amide bonds. The number of hydrogen-bond donors (Lipinski definition) is 2. The van der Waals surface area contributed by atoms with Crippen molar-refractivity contribution in [2.24, 2.45) is 0 Å². The molecule has 0 radical (unpaired) electrons. The molecular formula is C22H22O4. The molecule has 0 saturated heterocycles. The summed E-state index contributed by atoms with van der Waals surface area (Å²) in [6, 6.07) is 23.7. The van der Waals surface area contributed by atoms with Gasteiger partial charge in [0.25, 0.3) is 0 Å². The van der Waals surface area contributed by atoms with E-state index in [0.29, 0.717) is 0 Å². The number of aliphatic hydroxyl groups is 2. The molecule has 0 aliphatic carbocycles. The Balaban J connectivity index is 1.98. The van der Waals surface area contributed by atoms with Crippen molar-refractivity contribution in [1.29, 1.82) is 0 Å². The summed E-state index contributed by atoms with van der Waals surface area (Å²) in [5.74, 6) is 1.48. The Morgan fingerprint density at radius 1 is 0.577 bits per heavy atom. The molecule has 26 heavy (non-hydrogen) atoms. The van der Waals surface area contributed by atoms with Gasteiger partial charge in [-0.2, -0.15) is 0 Å². The Hall–Kier alpha value is -2.82. The first-order chi connectivity index (χ1) is 12.8. The summed E-state index contributed by atoms with van der Waals surface area (Å²) in [6.45, 7) is 0.469. The molecule has 2 N–H and O–H groups in total. The van der Waals surface area contributed by atoms with Gasteiger partial charge in [0.15, 0.2) is 0 Å². The zero-order chi connectivity index (χ0) is 18.2. The molecule has 0 bridgehead atoms. The van der Waals surface area contributed by atoms with Gasteiger partial charge < -0.3 is 19.7 Å². The van der Waals surface area contributed by atoms with Gasteiger partial charge >= 0.3 is 0 Å². The molecule has 3 aromatic rings. The maximum Gasteiger partial charge on any atom is 0.127 e.